The first-order chi connectivity index (χ1) is 15.3. The first-order valence-electron chi connectivity index (χ1n) is 10.1. The van der Waals surface area contributed by atoms with Crippen LogP contribution >= 0.6 is 0 Å². The van der Waals surface area contributed by atoms with Gasteiger partial charge in [-0.2, -0.15) is 0 Å². The van der Waals surface area contributed by atoms with Crippen molar-refractivity contribution in [3.05, 3.63) is 89.5 Å². The molecule has 0 spiro atoms. The predicted octanol–water partition coefficient (Wildman–Crippen LogP) is 4.79. The van der Waals surface area contributed by atoms with E-state index in [1.165, 1.54) is 6.92 Å². The molecule has 3 rings (SSSR count). The molecular formula is C25H23F2NO4. The Labute approximate surface area is 184 Å². The average molecular weight is 439 g/mol. The number of halogens is 2. The lowest BCUT2D eigenvalue weighted by Crippen LogP contribution is -2.39. The molecule has 0 saturated heterocycles. The van der Waals surface area contributed by atoms with Crippen molar-refractivity contribution in [3.63, 3.8) is 0 Å². The summed E-state index contributed by atoms with van der Waals surface area (Å²) < 4.78 is 27.4. The lowest BCUT2D eigenvalue weighted by Gasteiger charge is -2.21. The van der Waals surface area contributed by atoms with Crippen molar-refractivity contribution in [2.45, 2.75) is 25.8 Å². The molecule has 3 aromatic carbocycles. The number of benzene rings is 3. The van der Waals surface area contributed by atoms with Crippen LogP contribution in [0, 0.1) is 17.6 Å². The van der Waals surface area contributed by atoms with Crippen molar-refractivity contribution in [2.24, 2.45) is 5.92 Å². The van der Waals surface area contributed by atoms with Crippen LogP contribution in [0.5, 0.6) is 5.75 Å². The Bertz CT molecular complexity index is 1100. The van der Waals surface area contributed by atoms with Gasteiger partial charge in [-0.15, -0.1) is 0 Å². The first kappa shape index (κ1) is 22.9. The molecule has 2 atom stereocenters. The third-order valence-electron chi connectivity index (χ3n) is 5.25. The largest absolute Gasteiger partial charge is 0.503 e. The zero-order valence-corrected chi connectivity index (χ0v) is 17.4. The maximum atomic E-state index is 14.1. The van der Waals surface area contributed by atoms with Crippen LogP contribution in [0.4, 0.5) is 8.78 Å². The summed E-state index contributed by atoms with van der Waals surface area (Å²) >= 11 is 0. The van der Waals surface area contributed by atoms with E-state index in [-0.39, 0.29) is 6.42 Å². The Morgan fingerprint density at radius 2 is 1.56 bits per heavy atom. The number of aliphatic carboxylic acids is 1. The fourth-order valence-electron chi connectivity index (χ4n) is 3.45. The predicted molar refractivity (Wildman–Crippen MR) is 116 cm³/mol. The third-order valence-corrected chi connectivity index (χ3v) is 5.25. The number of hydrogen-bond acceptors (Lipinski definition) is 3. The number of amides is 1. The number of aromatic hydroxyl groups is 1. The van der Waals surface area contributed by atoms with Gasteiger partial charge in [0.1, 0.15) is 0 Å². The second-order valence-corrected chi connectivity index (χ2v) is 7.67. The van der Waals surface area contributed by atoms with Crippen molar-refractivity contribution < 1.29 is 28.6 Å². The topological polar surface area (TPSA) is 86.6 Å². The van der Waals surface area contributed by atoms with E-state index < -0.39 is 46.8 Å². The minimum absolute atomic E-state index is 0.107. The van der Waals surface area contributed by atoms with E-state index in [1.54, 1.807) is 0 Å². The van der Waals surface area contributed by atoms with Gasteiger partial charge in [0.15, 0.2) is 17.4 Å². The Kier molecular flexibility index (Phi) is 7.20. The summed E-state index contributed by atoms with van der Waals surface area (Å²) in [5.74, 6) is -6.40. The van der Waals surface area contributed by atoms with Crippen molar-refractivity contribution >= 4 is 11.9 Å². The summed E-state index contributed by atoms with van der Waals surface area (Å²) in [5.41, 5.74) is 2.40. The number of phenols is 1. The Morgan fingerprint density at radius 1 is 0.938 bits per heavy atom. The van der Waals surface area contributed by atoms with Gasteiger partial charge in [-0.1, -0.05) is 61.5 Å². The molecular weight excluding hydrogens is 416 g/mol. The standard InChI is InChI=1S/C25H23F2NO4/c1-15(25(31)32)13-19(28-24(30)20-11-12-21(26)23(29)22(20)27)14-16-7-9-18(10-8-16)17-5-3-2-4-6-17/h2-12,15,19,29H,13-14H2,1H3,(H,28,30)(H,31,32)/t15-,19+/m1/s1. The fraction of sp³-hybridized carbons (Fsp3) is 0.200. The number of carbonyl (C=O) groups is 2. The lowest BCUT2D eigenvalue weighted by atomic mass is 9.94. The summed E-state index contributed by atoms with van der Waals surface area (Å²) in [6.07, 6.45) is 0.420. The van der Waals surface area contributed by atoms with Gasteiger partial charge in [-0.05, 0) is 41.7 Å². The monoisotopic (exact) mass is 439 g/mol. The Morgan fingerprint density at radius 3 is 2.19 bits per heavy atom. The maximum absolute atomic E-state index is 14.1. The van der Waals surface area contributed by atoms with E-state index in [0.29, 0.717) is 6.42 Å². The molecule has 0 aliphatic carbocycles. The molecule has 3 N–H and O–H groups in total. The van der Waals surface area contributed by atoms with E-state index in [1.807, 2.05) is 54.6 Å². The number of carboxylic acid groups (broad SMARTS) is 1. The van der Waals surface area contributed by atoms with Gasteiger partial charge in [0, 0.05) is 6.04 Å². The van der Waals surface area contributed by atoms with Crippen LogP contribution in [0.25, 0.3) is 11.1 Å². The van der Waals surface area contributed by atoms with Crippen LogP contribution in [0.3, 0.4) is 0 Å². The van der Waals surface area contributed by atoms with Crippen LogP contribution in [-0.2, 0) is 11.2 Å². The van der Waals surface area contributed by atoms with Crippen molar-refractivity contribution in [2.75, 3.05) is 0 Å². The third kappa shape index (κ3) is 5.49. The SMILES string of the molecule is C[C@H](C[C@@H](Cc1ccc(-c2ccccc2)cc1)NC(=O)c1ccc(F)c(O)c1F)C(=O)O. The van der Waals surface area contributed by atoms with E-state index in [9.17, 15) is 28.6 Å². The highest BCUT2D eigenvalue weighted by atomic mass is 19.1. The second kappa shape index (κ2) is 10.0. The number of rotatable bonds is 8. The van der Waals surface area contributed by atoms with Crippen molar-refractivity contribution in [3.8, 4) is 16.9 Å². The maximum Gasteiger partial charge on any atom is 0.306 e. The first-order valence-corrected chi connectivity index (χ1v) is 10.1. The summed E-state index contributed by atoms with van der Waals surface area (Å²) in [4.78, 5) is 23.9. The number of carboxylic acids is 1. The summed E-state index contributed by atoms with van der Waals surface area (Å²) in [6.45, 7) is 1.52. The van der Waals surface area contributed by atoms with E-state index in [0.717, 1.165) is 28.8 Å². The molecule has 0 aliphatic rings. The molecule has 0 aliphatic heterocycles. The molecule has 0 aromatic heterocycles. The average Bonchev–Trinajstić information content (AvgIpc) is 2.78. The second-order valence-electron chi connectivity index (χ2n) is 7.67. The number of carbonyl (C=O) groups excluding carboxylic acids is 1. The Hall–Kier alpha value is -3.74. The molecule has 3 aromatic rings. The van der Waals surface area contributed by atoms with Crippen LogP contribution in [0.2, 0.25) is 0 Å². The molecule has 0 bridgehead atoms. The highest BCUT2D eigenvalue weighted by Crippen LogP contribution is 2.24. The van der Waals surface area contributed by atoms with Gasteiger partial charge < -0.3 is 15.5 Å². The minimum Gasteiger partial charge on any atom is -0.503 e. The molecule has 0 heterocycles. The van der Waals surface area contributed by atoms with Crippen LogP contribution in [0.15, 0.2) is 66.7 Å². The van der Waals surface area contributed by atoms with Crippen molar-refractivity contribution in [1.29, 1.82) is 0 Å². The smallest absolute Gasteiger partial charge is 0.306 e. The molecule has 0 unspecified atom stereocenters. The molecule has 0 radical (unpaired) electrons. The molecule has 5 nitrogen and oxygen atoms in total. The van der Waals surface area contributed by atoms with Gasteiger partial charge in [0.2, 0.25) is 0 Å². The summed E-state index contributed by atoms with van der Waals surface area (Å²) in [7, 11) is 0. The normalized spacial score (nSPS) is 12.7. The van der Waals surface area contributed by atoms with Gasteiger partial charge in [-0.3, -0.25) is 9.59 Å². The Balaban J connectivity index is 1.79. The number of hydrogen-bond donors (Lipinski definition) is 3. The van der Waals surface area contributed by atoms with Gasteiger partial charge >= 0.3 is 5.97 Å². The molecule has 1 amide bonds. The van der Waals surface area contributed by atoms with E-state index in [4.69, 9.17) is 0 Å². The highest BCUT2D eigenvalue weighted by Gasteiger charge is 2.24. The molecule has 0 fully saturated rings. The van der Waals surface area contributed by atoms with E-state index in [2.05, 4.69) is 5.32 Å². The quantitative estimate of drug-likeness (QED) is 0.471. The molecule has 7 heteroatoms. The van der Waals surface area contributed by atoms with Gasteiger partial charge in [0.25, 0.3) is 5.91 Å². The van der Waals surface area contributed by atoms with Gasteiger partial charge in [-0.25, -0.2) is 8.78 Å². The molecule has 0 saturated carbocycles. The minimum atomic E-state index is -1.36. The highest BCUT2D eigenvalue weighted by molar-refractivity contribution is 5.95. The summed E-state index contributed by atoms with van der Waals surface area (Å²) in [6, 6.07) is 18.5. The molecule has 166 valence electrons. The number of nitrogens with one attached hydrogen (secondary N) is 1. The van der Waals surface area contributed by atoms with Crippen LogP contribution in [0.1, 0.15) is 29.3 Å². The summed E-state index contributed by atoms with van der Waals surface area (Å²) in [5, 5.41) is 21.3. The van der Waals surface area contributed by atoms with Crippen LogP contribution < -0.4 is 5.32 Å². The van der Waals surface area contributed by atoms with E-state index >= 15 is 0 Å². The van der Waals surface area contributed by atoms with Gasteiger partial charge in [0.05, 0.1) is 11.5 Å². The lowest BCUT2D eigenvalue weighted by molar-refractivity contribution is -0.141. The molecule has 32 heavy (non-hydrogen) atoms. The van der Waals surface area contributed by atoms with Crippen molar-refractivity contribution in [1.82, 2.24) is 5.32 Å². The number of phenolic OH excluding ortho intramolecular Hbond substituents is 1. The zero-order chi connectivity index (χ0) is 23.3. The van der Waals surface area contributed by atoms with Crippen LogP contribution in [-0.4, -0.2) is 28.1 Å². The fourth-order valence-corrected chi connectivity index (χ4v) is 3.45. The zero-order valence-electron chi connectivity index (χ0n) is 17.4.